The lowest BCUT2D eigenvalue weighted by Crippen LogP contribution is -2.00. The van der Waals surface area contributed by atoms with Crippen LogP contribution in [-0.4, -0.2) is 15.0 Å². The van der Waals surface area contributed by atoms with E-state index < -0.39 is 5.82 Å². The van der Waals surface area contributed by atoms with E-state index in [0.29, 0.717) is 11.3 Å². The summed E-state index contributed by atoms with van der Waals surface area (Å²) in [5.41, 5.74) is 11.9. The van der Waals surface area contributed by atoms with Gasteiger partial charge < -0.3 is 11.5 Å². The summed E-state index contributed by atoms with van der Waals surface area (Å²) in [5.74, 6) is -0.153. The first-order chi connectivity index (χ1) is 7.15. The van der Waals surface area contributed by atoms with Gasteiger partial charge in [-0.05, 0) is 6.07 Å². The number of anilines is 2. The van der Waals surface area contributed by atoms with Crippen LogP contribution in [0.25, 0.3) is 11.3 Å². The van der Waals surface area contributed by atoms with Crippen LogP contribution in [0.4, 0.5) is 16.2 Å². The second-order valence-corrected chi connectivity index (χ2v) is 2.93. The molecule has 15 heavy (non-hydrogen) atoms. The van der Waals surface area contributed by atoms with Crippen LogP contribution in [0.5, 0.6) is 0 Å². The Kier molecular flexibility index (Phi) is 2.17. The molecule has 0 bridgehead atoms. The first-order valence-corrected chi connectivity index (χ1v) is 4.16. The number of halogens is 1. The van der Waals surface area contributed by atoms with Crippen LogP contribution in [0.3, 0.4) is 0 Å². The highest BCUT2D eigenvalue weighted by Crippen LogP contribution is 2.18. The van der Waals surface area contributed by atoms with Crippen molar-refractivity contribution in [3.8, 4) is 11.3 Å². The Hall–Kier alpha value is -2.24. The fraction of sp³-hybridized carbons (Fsp3) is 0. The van der Waals surface area contributed by atoms with Crippen LogP contribution in [0, 0.1) is 5.82 Å². The zero-order chi connectivity index (χ0) is 10.8. The highest BCUT2D eigenvalue weighted by molar-refractivity contribution is 5.62. The van der Waals surface area contributed by atoms with Gasteiger partial charge >= 0.3 is 0 Å². The molecule has 4 N–H and O–H groups in total. The van der Waals surface area contributed by atoms with Gasteiger partial charge in [0, 0.05) is 17.8 Å². The molecule has 0 unspecified atom stereocenters. The average molecular weight is 205 g/mol. The maximum absolute atomic E-state index is 12.9. The highest BCUT2D eigenvalue weighted by Gasteiger charge is 2.04. The third-order valence-electron chi connectivity index (χ3n) is 1.76. The van der Waals surface area contributed by atoms with Crippen LogP contribution in [-0.2, 0) is 0 Å². The molecule has 0 saturated heterocycles. The van der Waals surface area contributed by atoms with E-state index in [4.69, 9.17) is 11.5 Å². The maximum atomic E-state index is 12.9. The molecule has 0 aliphatic rings. The topological polar surface area (TPSA) is 90.7 Å². The van der Waals surface area contributed by atoms with Gasteiger partial charge in [0.15, 0.2) is 0 Å². The van der Waals surface area contributed by atoms with Crippen molar-refractivity contribution in [3.63, 3.8) is 0 Å². The summed E-state index contributed by atoms with van der Waals surface area (Å²) < 4.78 is 12.9. The molecule has 0 aromatic carbocycles. The van der Waals surface area contributed by atoms with Crippen molar-refractivity contribution in [2.45, 2.75) is 0 Å². The second-order valence-electron chi connectivity index (χ2n) is 2.93. The van der Waals surface area contributed by atoms with E-state index in [1.54, 1.807) is 0 Å². The fourth-order valence-corrected chi connectivity index (χ4v) is 1.19. The molecular formula is C9H8FN5. The van der Waals surface area contributed by atoms with E-state index in [1.165, 1.54) is 18.3 Å². The number of hydrogen-bond acceptors (Lipinski definition) is 5. The Morgan fingerprint density at radius 2 is 1.87 bits per heavy atom. The molecule has 2 heterocycles. The van der Waals surface area contributed by atoms with Crippen LogP contribution in [0.1, 0.15) is 0 Å². The summed E-state index contributed by atoms with van der Waals surface area (Å²) in [5, 5.41) is 0. The minimum Gasteiger partial charge on any atom is -0.384 e. The van der Waals surface area contributed by atoms with E-state index in [9.17, 15) is 4.39 Å². The Morgan fingerprint density at radius 1 is 1.07 bits per heavy atom. The molecule has 0 radical (unpaired) electrons. The van der Waals surface area contributed by atoms with Crippen molar-refractivity contribution in [3.05, 3.63) is 30.3 Å². The van der Waals surface area contributed by atoms with Crippen molar-refractivity contribution in [2.75, 3.05) is 11.5 Å². The van der Waals surface area contributed by atoms with Crippen molar-refractivity contribution in [2.24, 2.45) is 0 Å². The fourth-order valence-electron chi connectivity index (χ4n) is 1.19. The van der Waals surface area contributed by atoms with Crippen molar-refractivity contribution in [1.82, 2.24) is 15.0 Å². The summed E-state index contributed by atoms with van der Waals surface area (Å²) in [7, 11) is 0. The molecule has 0 aliphatic carbocycles. The lowest BCUT2D eigenvalue weighted by atomic mass is 10.2. The number of pyridine rings is 1. The van der Waals surface area contributed by atoms with Gasteiger partial charge in [-0.15, -0.1) is 0 Å². The monoisotopic (exact) mass is 205 g/mol. The Morgan fingerprint density at radius 3 is 2.53 bits per heavy atom. The van der Waals surface area contributed by atoms with E-state index in [2.05, 4.69) is 15.0 Å². The SMILES string of the molecule is Nc1cc(-c2cncc(F)c2)nc(N)n1. The minimum absolute atomic E-state index is 0.0502. The Bertz CT molecular complexity index is 479. The van der Waals surface area contributed by atoms with Gasteiger partial charge in [0.1, 0.15) is 11.6 Å². The molecule has 2 aromatic heterocycles. The maximum Gasteiger partial charge on any atom is 0.222 e. The van der Waals surface area contributed by atoms with Gasteiger partial charge in [-0.1, -0.05) is 0 Å². The molecule has 0 aliphatic heterocycles. The van der Waals surface area contributed by atoms with Gasteiger partial charge in [0.2, 0.25) is 5.95 Å². The van der Waals surface area contributed by atoms with Gasteiger partial charge in [0.05, 0.1) is 11.9 Å². The molecule has 2 rings (SSSR count). The standard InChI is InChI=1S/C9H8FN5/c10-6-1-5(3-13-4-6)7-2-8(11)15-9(12)14-7/h1-4H,(H4,11,12,14,15). The highest BCUT2D eigenvalue weighted by atomic mass is 19.1. The zero-order valence-electron chi connectivity index (χ0n) is 7.68. The second kappa shape index (κ2) is 3.49. The zero-order valence-corrected chi connectivity index (χ0v) is 7.68. The predicted octanol–water partition coefficient (Wildman–Crippen LogP) is 0.842. The molecule has 0 fully saturated rings. The van der Waals surface area contributed by atoms with Gasteiger partial charge in [-0.2, -0.15) is 4.98 Å². The number of nitrogen functional groups attached to an aromatic ring is 2. The summed E-state index contributed by atoms with van der Waals surface area (Å²) in [6.07, 6.45) is 2.59. The quantitative estimate of drug-likeness (QED) is 0.719. The number of nitrogens with two attached hydrogens (primary N) is 2. The summed E-state index contributed by atoms with van der Waals surface area (Å²) in [6.45, 7) is 0. The van der Waals surface area contributed by atoms with Gasteiger partial charge in [0.25, 0.3) is 0 Å². The molecule has 5 nitrogen and oxygen atoms in total. The Balaban J connectivity index is 2.54. The van der Waals surface area contributed by atoms with Crippen molar-refractivity contribution >= 4 is 11.8 Å². The molecule has 0 atom stereocenters. The lowest BCUT2D eigenvalue weighted by Gasteiger charge is -2.02. The van der Waals surface area contributed by atoms with Gasteiger partial charge in [-0.25, -0.2) is 9.37 Å². The van der Waals surface area contributed by atoms with Gasteiger partial charge in [-0.3, -0.25) is 4.98 Å². The minimum atomic E-state index is -0.441. The van der Waals surface area contributed by atoms with Crippen LogP contribution >= 0.6 is 0 Å². The van der Waals surface area contributed by atoms with E-state index in [1.807, 2.05) is 0 Å². The molecule has 2 aromatic rings. The first kappa shape index (κ1) is 9.32. The number of nitrogens with zero attached hydrogens (tertiary/aromatic N) is 3. The Labute approximate surface area is 85.0 Å². The molecule has 0 spiro atoms. The molecule has 0 saturated carbocycles. The first-order valence-electron chi connectivity index (χ1n) is 4.16. The summed E-state index contributed by atoms with van der Waals surface area (Å²) in [6, 6.07) is 2.81. The van der Waals surface area contributed by atoms with Crippen molar-refractivity contribution in [1.29, 1.82) is 0 Å². The lowest BCUT2D eigenvalue weighted by molar-refractivity contribution is 0.622. The van der Waals surface area contributed by atoms with E-state index in [-0.39, 0.29) is 11.8 Å². The molecule has 76 valence electrons. The third kappa shape index (κ3) is 1.98. The molecular weight excluding hydrogens is 197 g/mol. The number of hydrogen-bond donors (Lipinski definition) is 2. The number of rotatable bonds is 1. The van der Waals surface area contributed by atoms with E-state index in [0.717, 1.165) is 6.20 Å². The third-order valence-corrected chi connectivity index (χ3v) is 1.76. The molecule has 6 heteroatoms. The number of aromatic nitrogens is 3. The average Bonchev–Trinajstić information content (AvgIpc) is 2.16. The summed E-state index contributed by atoms with van der Waals surface area (Å²) >= 11 is 0. The normalized spacial score (nSPS) is 10.2. The molecule has 0 amide bonds. The predicted molar refractivity (Wildman–Crippen MR) is 54.0 cm³/mol. The van der Waals surface area contributed by atoms with E-state index >= 15 is 0 Å². The largest absolute Gasteiger partial charge is 0.384 e. The van der Waals surface area contributed by atoms with Crippen molar-refractivity contribution < 1.29 is 4.39 Å². The van der Waals surface area contributed by atoms with Crippen LogP contribution < -0.4 is 11.5 Å². The van der Waals surface area contributed by atoms with Crippen LogP contribution in [0.15, 0.2) is 24.5 Å². The van der Waals surface area contributed by atoms with Crippen LogP contribution in [0.2, 0.25) is 0 Å². The summed E-state index contributed by atoms with van der Waals surface area (Å²) in [4.78, 5) is 11.3. The smallest absolute Gasteiger partial charge is 0.222 e.